The van der Waals surface area contributed by atoms with Crippen molar-refractivity contribution in [2.24, 2.45) is 29.1 Å². The maximum Gasteiger partial charge on any atom is 0.120 e. The zero-order chi connectivity index (χ0) is 25.3. The normalized spacial score (nSPS) is 34.8. The SMILES string of the molecule is C=CC[C@@H]1CC2C3C(CCC)Cc4cc(OCc5ccccc5)ccc4C3CC[C@]2(C)[C@]1(O)CC=C. The summed E-state index contributed by atoms with van der Waals surface area (Å²) in [5.74, 6) is 3.70. The second kappa shape index (κ2) is 10.2. The van der Waals surface area contributed by atoms with Crippen LogP contribution >= 0.6 is 0 Å². The molecule has 0 spiro atoms. The number of ether oxygens (including phenoxy) is 1. The molecule has 0 aliphatic heterocycles. The van der Waals surface area contributed by atoms with E-state index >= 15 is 0 Å². The minimum Gasteiger partial charge on any atom is -0.489 e. The lowest BCUT2D eigenvalue weighted by atomic mass is 9.50. The average molecular weight is 485 g/mol. The molecule has 36 heavy (non-hydrogen) atoms. The first-order chi connectivity index (χ1) is 17.4. The Bertz CT molecular complexity index is 1070. The number of aliphatic hydroxyl groups is 1. The van der Waals surface area contributed by atoms with Crippen molar-refractivity contribution in [1.29, 1.82) is 0 Å². The highest BCUT2D eigenvalue weighted by molar-refractivity contribution is 5.42. The summed E-state index contributed by atoms with van der Waals surface area (Å²) in [6.45, 7) is 13.4. The molecule has 7 atom stereocenters. The van der Waals surface area contributed by atoms with Crippen molar-refractivity contribution in [2.75, 3.05) is 0 Å². The van der Waals surface area contributed by atoms with Gasteiger partial charge in [-0.1, -0.05) is 75.2 Å². The van der Waals surface area contributed by atoms with E-state index in [2.05, 4.69) is 69.5 Å². The lowest BCUT2D eigenvalue weighted by Gasteiger charge is -2.56. The van der Waals surface area contributed by atoms with Gasteiger partial charge in [-0.25, -0.2) is 0 Å². The molecule has 2 nitrogen and oxygen atoms in total. The van der Waals surface area contributed by atoms with E-state index in [9.17, 15) is 5.11 Å². The summed E-state index contributed by atoms with van der Waals surface area (Å²) in [6, 6.07) is 17.3. The Hall–Kier alpha value is -2.32. The van der Waals surface area contributed by atoms with Gasteiger partial charge in [0.15, 0.2) is 0 Å². The molecular formula is C34H44O2. The summed E-state index contributed by atoms with van der Waals surface area (Å²) in [5, 5.41) is 12.2. The molecule has 1 N–H and O–H groups in total. The van der Waals surface area contributed by atoms with Crippen LogP contribution in [-0.2, 0) is 13.0 Å². The fourth-order valence-electron chi connectivity index (χ4n) is 8.63. The number of hydrogen-bond donors (Lipinski definition) is 1. The van der Waals surface area contributed by atoms with E-state index in [-0.39, 0.29) is 11.3 Å². The lowest BCUT2D eigenvalue weighted by molar-refractivity contribution is -0.124. The van der Waals surface area contributed by atoms with Crippen LogP contribution < -0.4 is 4.74 Å². The van der Waals surface area contributed by atoms with Gasteiger partial charge < -0.3 is 9.84 Å². The summed E-state index contributed by atoms with van der Waals surface area (Å²) >= 11 is 0. The minimum atomic E-state index is -0.676. The fraction of sp³-hybridized carbons (Fsp3) is 0.529. The van der Waals surface area contributed by atoms with Gasteiger partial charge in [0.05, 0.1) is 5.60 Å². The Balaban J connectivity index is 1.45. The van der Waals surface area contributed by atoms with Crippen molar-refractivity contribution in [2.45, 2.75) is 83.3 Å². The van der Waals surface area contributed by atoms with Crippen LogP contribution in [0.5, 0.6) is 5.75 Å². The Kier molecular flexibility index (Phi) is 7.18. The highest BCUT2D eigenvalue weighted by atomic mass is 16.5. The second-order valence-electron chi connectivity index (χ2n) is 12.0. The number of benzene rings is 2. The summed E-state index contributed by atoms with van der Waals surface area (Å²) < 4.78 is 6.22. The molecule has 2 aromatic rings. The number of allylic oxidation sites excluding steroid dienone is 1. The van der Waals surface area contributed by atoms with Gasteiger partial charge in [0.2, 0.25) is 0 Å². The zero-order valence-corrected chi connectivity index (χ0v) is 22.3. The summed E-state index contributed by atoms with van der Waals surface area (Å²) in [4.78, 5) is 0. The Morgan fingerprint density at radius 1 is 1.11 bits per heavy atom. The molecule has 4 unspecified atom stereocenters. The van der Waals surface area contributed by atoms with Gasteiger partial charge >= 0.3 is 0 Å². The molecule has 3 aliphatic carbocycles. The molecular weight excluding hydrogens is 440 g/mol. The maximum atomic E-state index is 12.2. The summed E-state index contributed by atoms with van der Waals surface area (Å²) in [6.07, 6.45) is 12.5. The van der Waals surface area contributed by atoms with E-state index in [0.717, 1.165) is 37.9 Å². The Labute approximate surface area is 218 Å². The van der Waals surface area contributed by atoms with E-state index in [0.29, 0.717) is 36.7 Å². The van der Waals surface area contributed by atoms with Gasteiger partial charge in [-0.15, -0.1) is 13.2 Å². The van der Waals surface area contributed by atoms with Gasteiger partial charge in [0, 0.05) is 5.41 Å². The van der Waals surface area contributed by atoms with Crippen LogP contribution in [0.4, 0.5) is 0 Å². The third-order valence-electron chi connectivity index (χ3n) is 10.3. The number of rotatable bonds is 9. The fourth-order valence-corrected chi connectivity index (χ4v) is 8.63. The minimum absolute atomic E-state index is 0.0573. The summed E-state index contributed by atoms with van der Waals surface area (Å²) in [7, 11) is 0. The van der Waals surface area contributed by atoms with Crippen molar-refractivity contribution >= 4 is 0 Å². The third kappa shape index (κ3) is 4.16. The van der Waals surface area contributed by atoms with Crippen LogP contribution in [-0.4, -0.2) is 10.7 Å². The predicted molar refractivity (Wildman–Crippen MR) is 149 cm³/mol. The molecule has 192 valence electrons. The zero-order valence-electron chi connectivity index (χ0n) is 22.3. The van der Waals surface area contributed by atoms with Crippen LogP contribution in [0, 0.1) is 29.1 Å². The van der Waals surface area contributed by atoms with E-state index < -0.39 is 5.60 Å². The van der Waals surface area contributed by atoms with Crippen molar-refractivity contribution < 1.29 is 9.84 Å². The number of hydrogen-bond acceptors (Lipinski definition) is 2. The van der Waals surface area contributed by atoms with Gasteiger partial charge in [-0.05, 0) is 96.9 Å². The van der Waals surface area contributed by atoms with Crippen LogP contribution in [0.1, 0.15) is 81.4 Å². The van der Waals surface area contributed by atoms with Crippen LogP contribution in [0.3, 0.4) is 0 Å². The largest absolute Gasteiger partial charge is 0.489 e. The van der Waals surface area contributed by atoms with Gasteiger partial charge in [-0.2, -0.15) is 0 Å². The monoisotopic (exact) mass is 484 g/mol. The maximum absolute atomic E-state index is 12.2. The molecule has 2 saturated carbocycles. The first-order valence-electron chi connectivity index (χ1n) is 14.2. The molecule has 0 aromatic heterocycles. The quantitative estimate of drug-likeness (QED) is 0.363. The topological polar surface area (TPSA) is 29.5 Å². The molecule has 5 rings (SSSR count). The molecule has 2 heteroatoms. The smallest absolute Gasteiger partial charge is 0.120 e. The highest BCUT2D eigenvalue weighted by Crippen LogP contribution is 2.68. The third-order valence-corrected chi connectivity index (χ3v) is 10.3. The molecule has 0 heterocycles. The first kappa shape index (κ1) is 25.3. The van der Waals surface area contributed by atoms with E-state index in [4.69, 9.17) is 4.74 Å². The van der Waals surface area contributed by atoms with Gasteiger partial charge in [0.25, 0.3) is 0 Å². The van der Waals surface area contributed by atoms with E-state index in [1.54, 1.807) is 5.56 Å². The second-order valence-corrected chi connectivity index (χ2v) is 12.0. The van der Waals surface area contributed by atoms with Crippen molar-refractivity contribution in [1.82, 2.24) is 0 Å². The molecule has 0 saturated heterocycles. The summed E-state index contributed by atoms with van der Waals surface area (Å²) in [5.41, 5.74) is 3.50. The van der Waals surface area contributed by atoms with Crippen molar-refractivity contribution in [3.63, 3.8) is 0 Å². The number of fused-ring (bicyclic) bond motifs is 5. The molecule has 2 fully saturated rings. The van der Waals surface area contributed by atoms with Crippen molar-refractivity contribution in [3.05, 3.63) is 90.5 Å². The lowest BCUT2D eigenvalue weighted by Crippen LogP contribution is -2.53. The highest BCUT2D eigenvalue weighted by Gasteiger charge is 2.65. The van der Waals surface area contributed by atoms with E-state index in [1.165, 1.54) is 24.0 Å². The Morgan fingerprint density at radius 2 is 1.92 bits per heavy atom. The molecule has 3 aliphatic rings. The first-order valence-corrected chi connectivity index (χ1v) is 14.2. The molecule has 0 radical (unpaired) electrons. The van der Waals surface area contributed by atoms with E-state index in [1.807, 2.05) is 18.2 Å². The van der Waals surface area contributed by atoms with Gasteiger partial charge in [-0.3, -0.25) is 0 Å². The Morgan fingerprint density at radius 3 is 2.64 bits per heavy atom. The predicted octanol–water partition coefficient (Wildman–Crippen LogP) is 8.26. The molecule has 2 aromatic carbocycles. The van der Waals surface area contributed by atoms with Crippen LogP contribution in [0.25, 0.3) is 0 Å². The van der Waals surface area contributed by atoms with Crippen LogP contribution in [0.2, 0.25) is 0 Å². The molecule has 0 amide bonds. The van der Waals surface area contributed by atoms with Crippen LogP contribution in [0.15, 0.2) is 73.8 Å². The molecule has 0 bridgehead atoms. The standard InChI is InChI=1S/C34H44O2/c1-5-11-25-20-26-21-28(36-23-24-13-9-8-10-14-24)15-16-29(26)30-17-19-33(4)31(32(25)30)22-27(12-6-2)34(33,35)18-7-3/h6-10,13-16,21,25,27,30-32,35H,2-3,5,11-12,17-20,22-23H2,1,4H3/t25?,27-,30?,31?,32?,33+,34+/m1/s1. The average Bonchev–Trinajstić information content (AvgIpc) is 3.10. The van der Waals surface area contributed by atoms with Gasteiger partial charge in [0.1, 0.15) is 12.4 Å². The van der Waals surface area contributed by atoms with Crippen molar-refractivity contribution in [3.8, 4) is 5.75 Å².